The summed E-state index contributed by atoms with van der Waals surface area (Å²) in [5.41, 5.74) is 0.356. The second kappa shape index (κ2) is 4.12. The summed E-state index contributed by atoms with van der Waals surface area (Å²) in [6.07, 6.45) is 3.24. The molecule has 15 heavy (non-hydrogen) atoms. The second-order valence-electron chi connectivity index (χ2n) is 5.23. The van der Waals surface area contributed by atoms with Crippen molar-refractivity contribution in [3.8, 4) is 0 Å². The first kappa shape index (κ1) is 10.9. The van der Waals surface area contributed by atoms with Crippen molar-refractivity contribution in [2.24, 2.45) is 11.3 Å². The maximum absolute atomic E-state index is 12.1. The maximum Gasteiger partial charge on any atom is 0.228 e. The second-order valence-corrected chi connectivity index (χ2v) is 5.23. The van der Waals surface area contributed by atoms with Gasteiger partial charge in [-0.05, 0) is 24.7 Å². The molecule has 2 fully saturated rings. The van der Waals surface area contributed by atoms with E-state index in [4.69, 9.17) is 4.74 Å². The van der Waals surface area contributed by atoms with Crippen LogP contribution >= 0.6 is 0 Å². The van der Waals surface area contributed by atoms with E-state index in [9.17, 15) is 4.79 Å². The van der Waals surface area contributed by atoms with Gasteiger partial charge in [-0.3, -0.25) is 4.79 Å². The number of hydrogen-bond acceptors (Lipinski definition) is 2. The highest BCUT2D eigenvalue weighted by molar-refractivity contribution is 5.79. The fourth-order valence-electron chi connectivity index (χ4n) is 2.49. The van der Waals surface area contributed by atoms with Crippen LogP contribution in [0.25, 0.3) is 0 Å². The lowest BCUT2D eigenvalue weighted by molar-refractivity contribution is -0.134. The average molecular weight is 211 g/mol. The first-order valence-corrected chi connectivity index (χ1v) is 6.01. The fraction of sp³-hybridized carbons (Fsp3) is 0.917. The third-order valence-electron chi connectivity index (χ3n) is 4.00. The minimum atomic E-state index is 0.143. The molecule has 2 heterocycles. The van der Waals surface area contributed by atoms with E-state index < -0.39 is 0 Å². The van der Waals surface area contributed by atoms with Crippen LogP contribution in [0.2, 0.25) is 0 Å². The Bertz CT molecular complexity index is 248. The molecule has 2 aliphatic rings. The van der Waals surface area contributed by atoms with Gasteiger partial charge in [0.1, 0.15) is 0 Å². The number of carbonyl (C=O) groups excluding carboxylic acids is 1. The van der Waals surface area contributed by atoms with Crippen molar-refractivity contribution in [2.45, 2.75) is 33.1 Å². The van der Waals surface area contributed by atoms with Gasteiger partial charge in [0.25, 0.3) is 0 Å². The van der Waals surface area contributed by atoms with Gasteiger partial charge in [-0.15, -0.1) is 0 Å². The van der Waals surface area contributed by atoms with Gasteiger partial charge in [-0.1, -0.05) is 13.8 Å². The molecule has 2 aliphatic heterocycles. The number of rotatable bonds is 2. The highest BCUT2D eigenvalue weighted by Gasteiger charge is 2.37. The Labute approximate surface area is 91.8 Å². The number of amides is 1. The molecule has 0 bridgehead atoms. The molecule has 2 saturated heterocycles. The van der Waals surface area contributed by atoms with Crippen molar-refractivity contribution in [1.29, 1.82) is 0 Å². The van der Waals surface area contributed by atoms with Crippen LogP contribution in [0.15, 0.2) is 0 Å². The van der Waals surface area contributed by atoms with Crippen molar-refractivity contribution in [1.82, 2.24) is 4.90 Å². The van der Waals surface area contributed by atoms with E-state index >= 15 is 0 Å². The Balaban J connectivity index is 1.92. The fourth-order valence-corrected chi connectivity index (χ4v) is 2.49. The summed E-state index contributed by atoms with van der Waals surface area (Å²) < 4.78 is 5.27. The van der Waals surface area contributed by atoms with Gasteiger partial charge in [0.2, 0.25) is 5.91 Å². The zero-order chi connectivity index (χ0) is 10.9. The summed E-state index contributed by atoms with van der Waals surface area (Å²) in [7, 11) is 0. The summed E-state index contributed by atoms with van der Waals surface area (Å²) >= 11 is 0. The Morgan fingerprint density at radius 3 is 2.93 bits per heavy atom. The van der Waals surface area contributed by atoms with Crippen LogP contribution in [0.5, 0.6) is 0 Å². The Morgan fingerprint density at radius 1 is 1.60 bits per heavy atom. The van der Waals surface area contributed by atoms with Crippen LogP contribution in [0.3, 0.4) is 0 Å². The molecule has 3 heteroatoms. The molecule has 1 amide bonds. The third kappa shape index (κ3) is 2.17. The van der Waals surface area contributed by atoms with Gasteiger partial charge < -0.3 is 9.64 Å². The number of hydrogen-bond donors (Lipinski definition) is 0. The SMILES string of the molecule is CC[C@@]1(C)CCN(C(=O)[C@@H]2CCOC2)C1. The molecule has 0 aromatic heterocycles. The predicted molar refractivity (Wildman–Crippen MR) is 58.5 cm³/mol. The summed E-state index contributed by atoms with van der Waals surface area (Å²) in [6, 6.07) is 0. The quantitative estimate of drug-likeness (QED) is 0.695. The highest BCUT2D eigenvalue weighted by atomic mass is 16.5. The summed E-state index contributed by atoms with van der Waals surface area (Å²) in [5.74, 6) is 0.467. The lowest BCUT2D eigenvalue weighted by Crippen LogP contribution is -2.36. The molecule has 3 nitrogen and oxygen atoms in total. The van der Waals surface area contributed by atoms with Crippen LogP contribution in [0, 0.1) is 11.3 Å². The molecule has 0 aromatic carbocycles. The lowest BCUT2D eigenvalue weighted by Gasteiger charge is -2.24. The van der Waals surface area contributed by atoms with Gasteiger partial charge >= 0.3 is 0 Å². The van der Waals surface area contributed by atoms with E-state index in [2.05, 4.69) is 13.8 Å². The normalized spacial score (nSPS) is 36.1. The molecular weight excluding hydrogens is 190 g/mol. The van der Waals surface area contributed by atoms with Crippen LogP contribution in [0.1, 0.15) is 33.1 Å². The van der Waals surface area contributed by atoms with Crippen LogP contribution in [-0.2, 0) is 9.53 Å². The Kier molecular flexibility index (Phi) is 3.01. The monoisotopic (exact) mass is 211 g/mol. The van der Waals surface area contributed by atoms with E-state index in [0.717, 1.165) is 39.0 Å². The van der Waals surface area contributed by atoms with Crippen LogP contribution < -0.4 is 0 Å². The van der Waals surface area contributed by atoms with Crippen molar-refractivity contribution in [2.75, 3.05) is 26.3 Å². The van der Waals surface area contributed by atoms with Gasteiger partial charge in [0, 0.05) is 19.7 Å². The largest absolute Gasteiger partial charge is 0.381 e. The average Bonchev–Trinajstić information content (AvgIpc) is 2.86. The standard InChI is InChI=1S/C12H21NO2/c1-3-12(2)5-6-13(9-12)11(14)10-4-7-15-8-10/h10H,3-9H2,1-2H3/t10-,12+/m1/s1. The smallest absolute Gasteiger partial charge is 0.228 e. The molecule has 0 aliphatic carbocycles. The molecule has 0 spiro atoms. The number of ether oxygens (including phenoxy) is 1. The van der Waals surface area contributed by atoms with Crippen molar-refractivity contribution in [3.05, 3.63) is 0 Å². The van der Waals surface area contributed by atoms with Crippen molar-refractivity contribution >= 4 is 5.91 Å². The van der Waals surface area contributed by atoms with Crippen molar-refractivity contribution < 1.29 is 9.53 Å². The van der Waals surface area contributed by atoms with Crippen LogP contribution in [0.4, 0.5) is 0 Å². The number of likely N-dealkylation sites (tertiary alicyclic amines) is 1. The first-order valence-electron chi connectivity index (χ1n) is 6.01. The molecule has 2 rings (SSSR count). The molecule has 0 unspecified atom stereocenters. The predicted octanol–water partition coefficient (Wildman–Crippen LogP) is 1.67. The first-order chi connectivity index (χ1) is 7.14. The molecular formula is C12H21NO2. The van der Waals surface area contributed by atoms with Gasteiger partial charge in [0.15, 0.2) is 0 Å². The topological polar surface area (TPSA) is 29.5 Å². The van der Waals surface area contributed by atoms with E-state index in [0.29, 0.717) is 17.9 Å². The van der Waals surface area contributed by atoms with Gasteiger partial charge in [-0.25, -0.2) is 0 Å². The lowest BCUT2D eigenvalue weighted by atomic mass is 9.87. The summed E-state index contributed by atoms with van der Waals surface area (Å²) in [6.45, 7) is 7.78. The zero-order valence-electron chi connectivity index (χ0n) is 9.79. The molecule has 2 atom stereocenters. The molecule has 86 valence electrons. The van der Waals surface area contributed by atoms with E-state index in [1.165, 1.54) is 0 Å². The maximum atomic E-state index is 12.1. The Hall–Kier alpha value is -0.570. The van der Waals surface area contributed by atoms with Crippen molar-refractivity contribution in [3.63, 3.8) is 0 Å². The highest BCUT2D eigenvalue weighted by Crippen LogP contribution is 2.34. The van der Waals surface area contributed by atoms with Gasteiger partial charge in [-0.2, -0.15) is 0 Å². The molecule has 0 radical (unpaired) electrons. The van der Waals surface area contributed by atoms with E-state index in [-0.39, 0.29) is 5.92 Å². The zero-order valence-corrected chi connectivity index (χ0v) is 9.79. The minimum Gasteiger partial charge on any atom is -0.381 e. The van der Waals surface area contributed by atoms with E-state index in [1.807, 2.05) is 4.90 Å². The van der Waals surface area contributed by atoms with Crippen LogP contribution in [-0.4, -0.2) is 37.1 Å². The summed E-state index contributed by atoms with van der Waals surface area (Å²) in [4.78, 5) is 14.1. The molecule has 0 N–H and O–H groups in total. The minimum absolute atomic E-state index is 0.143. The number of carbonyl (C=O) groups is 1. The Morgan fingerprint density at radius 2 is 2.40 bits per heavy atom. The summed E-state index contributed by atoms with van der Waals surface area (Å²) in [5, 5.41) is 0. The molecule has 0 saturated carbocycles. The van der Waals surface area contributed by atoms with E-state index in [1.54, 1.807) is 0 Å². The number of nitrogens with zero attached hydrogens (tertiary/aromatic N) is 1. The molecule has 0 aromatic rings. The third-order valence-corrected chi connectivity index (χ3v) is 4.00. The van der Waals surface area contributed by atoms with Gasteiger partial charge in [0.05, 0.1) is 12.5 Å².